The molecule has 0 saturated heterocycles. The summed E-state index contributed by atoms with van der Waals surface area (Å²) in [5, 5.41) is 3.32. The SMILES string of the molecule is Cc1ccc(F)c(NC(C)C2CCCC2)c1. The first-order chi connectivity index (χ1) is 7.66. The molecule has 1 unspecified atom stereocenters. The molecule has 1 aromatic carbocycles. The van der Waals surface area contributed by atoms with Crippen molar-refractivity contribution in [3.8, 4) is 0 Å². The molecule has 1 aromatic rings. The van der Waals surface area contributed by atoms with Crippen LogP contribution in [0.3, 0.4) is 0 Å². The number of halogens is 1. The number of nitrogens with one attached hydrogen (secondary N) is 1. The van der Waals surface area contributed by atoms with Gasteiger partial charge in [0.05, 0.1) is 5.69 Å². The van der Waals surface area contributed by atoms with E-state index in [0.29, 0.717) is 17.6 Å². The minimum atomic E-state index is -0.143. The smallest absolute Gasteiger partial charge is 0.146 e. The first-order valence-electron chi connectivity index (χ1n) is 6.19. The normalized spacial score (nSPS) is 18.7. The van der Waals surface area contributed by atoms with E-state index < -0.39 is 0 Å². The van der Waals surface area contributed by atoms with Gasteiger partial charge in [0.1, 0.15) is 5.82 Å². The van der Waals surface area contributed by atoms with Crippen LogP contribution in [0.4, 0.5) is 10.1 Å². The third-order valence-corrected chi connectivity index (χ3v) is 3.61. The largest absolute Gasteiger partial charge is 0.380 e. The van der Waals surface area contributed by atoms with E-state index in [-0.39, 0.29) is 5.82 Å². The molecule has 1 aliphatic rings. The van der Waals surface area contributed by atoms with Gasteiger partial charge in [-0.05, 0) is 50.3 Å². The van der Waals surface area contributed by atoms with Crippen LogP contribution >= 0.6 is 0 Å². The summed E-state index contributed by atoms with van der Waals surface area (Å²) in [6.45, 7) is 4.16. The van der Waals surface area contributed by atoms with Crippen molar-refractivity contribution in [3.63, 3.8) is 0 Å². The third-order valence-electron chi connectivity index (χ3n) is 3.61. The summed E-state index contributed by atoms with van der Waals surface area (Å²) in [4.78, 5) is 0. The number of aryl methyl sites for hydroxylation is 1. The zero-order valence-corrected chi connectivity index (χ0v) is 10.1. The molecule has 1 aliphatic carbocycles. The Bertz CT molecular complexity index is 356. The van der Waals surface area contributed by atoms with E-state index in [9.17, 15) is 4.39 Å². The van der Waals surface area contributed by atoms with Crippen molar-refractivity contribution in [2.75, 3.05) is 5.32 Å². The number of rotatable bonds is 3. The molecule has 88 valence electrons. The van der Waals surface area contributed by atoms with Crippen LogP contribution in [0.2, 0.25) is 0 Å². The highest BCUT2D eigenvalue weighted by atomic mass is 19.1. The lowest BCUT2D eigenvalue weighted by Gasteiger charge is -2.22. The van der Waals surface area contributed by atoms with Gasteiger partial charge >= 0.3 is 0 Å². The Balaban J connectivity index is 2.04. The molecule has 1 fully saturated rings. The first-order valence-corrected chi connectivity index (χ1v) is 6.19. The molecular weight excluding hydrogens is 201 g/mol. The van der Waals surface area contributed by atoms with Crippen molar-refractivity contribution in [3.05, 3.63) is 29.6 Å². The van der Waals surface area contributed by atoms with Crippen molar-refractivity contribution >= 4 is 5.69 Å². The fourth-order valence-corrected chi connectivity index (χ4v) is 2.57. The van der Waals surface area contributed by atoms with Gasteiger partial charge in [0.2, 0.25) is 0 Å². The molecule has 0 spiro atoms. The predicted molar refractivity (Wildman–Crippen MR) is 66.2 cm³/mol. The number of hydrogen-bond acceptors (Lipinski definition) is 1. The summed E-state index contributed by atoms with van der Waals surface area (Å²) < 4.78 is 13.6. The van der Waals surface area contributed by atoms with Gasteiger partial charge in [-0.2, -0.15) is 0 Å². The summed E-state index contributed by atoms with van der Waals surface area (Å²) in [7, 11) is 0. The minimum absolute atomic E-state index is 0.143. The van der Waals surface area contributed by atoms with Crippen LogP contribution in [0.5, 0.6) is 0 Å². The van der Waals surface area contributed by atoms with E-state index >= 15 is 0 Å². The van der Waals surface area contributed by atoms with Crippen LogP contribution in [-0.2, 0) is 0 Å². The summed E-state index contributed by atoms with van der Waals surface area (Å²) >= 11 is 0. The molecule has 0 heterocycles. The second-order valence-corrected chi connectivity index (χ2v) is 4.96. The van der Waals surface area contributed by atoms with Gasteiger partial charge in [-0.3, -0.25) is 0 Å². The fourth-order valence-electron chi connectivity index (χ4n) is 2.57. The Morgan fingerprint density at radius 1 is 1.31 bits per heavy atom. The molecule has 0 aromatic heterocycles. The Hall–Kier alpha value is -1.05. The molecule has 16 heavy (non-hydrogen) atoms. The molecule has 2 rings (SSSR count). The Morgan fingerprint density at radius 3 is 2.69 bits per heavy atom. The molecule has 0 amide bonds. The minimum Gasteiger partial charge on any atom is -0.380 e. The van der Waals surface area contributed by atoms with E-state index in [4.69, 9.17) is 0 Å². The van der Waals surface area contributed by atoms with Crippen molar-refractivity contribution < 1.29 is 4.39 Å². The lowest BCUT2D eigenvalue weighted by Crippen LogP contribution is -2.24. The Labute approximate surface area is 97.1 Å². The lowest BCUT2D eigenvalue weighted by atomic mass is 9.99. The summed E-state index contributed by atoms with van der Waals surface area (Å²) in [5.74, 6) is 0.565. The molecule has 1 nitrogen and oxygen atoms in total. The van der Waals surface area contributed by atoms with Gasteiger partial charge in [-0.15, -0.1) is 0 Å². The topological polar surface area (TPSA) is 12.0 Å². The van der Waals surface area contributed by atoms with Gasteiger partial charge in [-0.1, -0.05) is 18.9 Å². The van der Waals surface area contributed by atoms with Crippen molar-refractivity contribution in [2.24, 2.45) is 5.92 Å². The van der Waals surface area contributed by atoms with Gasteiger partial charge in [0.15, 0.2) is 0 Å². The Morgan fingerprint density at radius 2 is 2.00 bits per heavy atom. The van der Waals surface area contributed by atoms with Gasteiger partial charge in [0, 0.05) is 6.04 Å². The zero-order chi connectivity index (χ0) is 11.5. The quantitative estimate of drug-likeness (QED) is 0.809. The summed E-state index contributed by atoms with van der Waals surface area (Å²) in [6, 6.07) is 5.61. The predicted octanol–water partition coefficient (Wildman–Crippen LogP) is 4.12. The second-order valence-electron chi connectivity index (χ2n) is 4.96. The van der Waals surface area contributed by atoms with E-state index in [2.05, 4.69) is 12.2 Å². The van der Waals surface area contributed by atoms with Crippen LogP contribution in [0.25, 0.3) is 0 Å². The van der Waals surface area contributed by atoms with Crippen molar-refractivity contribution in [1.29, 1.82) is 0 Å². The molecule has 1 atom stereocenters. The van der Waals surface area contributed by atoms with Crippen molar-refractivity contribution in [1.82, 2.24) is 0 Å². The molecule has 0 aliphatic heterocycles. The van der Waals surface area contributed by atoms with Crippen LogP contribution in [-0.4, -0.2) is 6.04 Å². The first kappa shape index (κ1) is 11.4. The summed E-state index contributed by atoms with van der Waals surface area (Å²) in [6.07, 6.45) is 5.21. The highest BCUT2D eigenvalue weighted by molar-refractivity contribution is 5.47. The van der Waals surface area contributed by atoms with Crippen LogP contribution in [0.1, 0.15) is 38.2 Å². The monoisotopic (exact) mass is 221 g/mol. The van der Waals surface area contributed by atoms with E-state index in [1.165, 1.54) is 25.7 Å². The number of anilines is 1. The maximum absolute atomic E-state index is 13.6. The maximum atomic E-state index is 13.6. The molecule has 1 N–H and O–H groups in total. The molecule has 0 bridgehead atoms. The van der Waals surface area contributed by atoms with E-state index in [1.54, 1.807) is 12.1 Å². The average Bonchev–Trinajstić information content (AvgIpc) is 2.76. The highest BCUT2D eigenvalue weighted by Crippen LogP contribution is 2.29. The van der Waals surface area contributed by atoms with E-state index in [1.807, 2.05) is 13.0 Å². The number of benzene rings is 1. The maximum Gasteiger partial charge on any atom is 0.146 e. The van der Waals surface area contributed by atoms with Crippen LogP contribution in [0, 0.1) is 18.7 Å². The Kier molecular flexibility index (Phi) is 3.47. The second kappa shape index (κ2) is 4.86. The molecule has 2 heteroatoms. The van der Waals surface area contributed by atoms with Gasteiger partial charge < -0.3 is 5.32 Å². The lowest BCUT2D eigenvalue weighted by molar-refractivity contribution is 0.479. The standard InChI is InChI=1S/C14H20FN/c1-10-7-8-13(15)14(9-10)16-11(2)12-5-3-4-6-12/h7-9,11-12,16H,3-6H2,1-2H3. The molecule has 0 radical (unpaired) electrons. The third kappa shape index (κ3) is 2.55. The zero-order valence-electron chi connectivity index (χ0n) is 10.1. The van der Waals surface area contributed by atoms with E-state index in [0.717, 1.165) is 5.56 Å². The van der Waals surface area contributed by atoms with Gasteiger partial charge in [-0.25, -0.2) is 4.39 Å². The summed E-state index contributed by atoms with van der Waals surface area (Å²) in [5.41, 5.74) is 1.75. The number of hydrogen-bond donors (Lipinski definition) is 1. The van der Waals surface area contributed by atoms with Crippen LogP contribution < -0.4 is 5.32 Å². The van der Waals surface area contributed by atoms with Crippen molar-refractivity contribution in [2.45, 2.75) is 45.6 Å². The van der Waals surface area contributed by atoms with Gasteiger partial charge in [0.25, 0.3) is 0 Å². The molecular formula is C14H20FN. The van der Waals surface area contributed by atoms with Crippen LogP contribution in [0.15, 0.2) is 18.2 Å². The molecule has 1 saturated carbocycles. The highest BCUT2D eigenvalue weighted by Gasteiger charge is 2.21. The average molecular weight is 221 g/mol. The fraction of sp³-hybridized carbons (Fsp3) is 0.571.